The van der Waals surface area contributed by atoms with Gasteiger partial charge in [-0.2, -0.15) is 0 Å². The molecule has 0 bridgehead atoms. The Labute approximate surface area is 72.2 Å². The van der Waals surface area contributed by atoms with Crippen molar-refractivity contribution in [3.8, 4) is 0 Å². The van der Waals surface area contributed by atoms with Crippen molar-refractivity contribution in [2.75, 3.05) is 0 Å². The fraction of sp³-hybridized carbons (Fsp3) is 0.182. The van der Waals surface area contributed by atoms with E-state index in [0.717, 1.165) is 18.4 Å². The minimum absolute atomic E-state index is 1.00. The second-order valence-electron chi connectivity index (χ2n) is 3.04. The number of benzene rings is 1. The van der Waals surface area contributed by atoms with E-state index in [1.165, 1.54) is 17.3 Å². The van der Waals surface area contributed by atoms with E-state index in [1.54, 1.807) is 0 Å². The number of hydrogen-bond acceptors (Lipinski definition) is 1. The largest absolute Gasteiger partial charge is 0.308 e. The summed E-state index contributed by atoms with van der Waals surface area (Å²) < 4.78 is 0. The second kappa shape index (κ2) is 2.94. The molecular weight excluding hydrogens is 146 g/mol. The smallest absolute Gasteiger partial charge is 0.0250 e. The highest BCUT2D eigenvalue weighted by Crippen LogP contribution is 2.19. The van der Waals surface area contributed by atoms with Gasteiger partial charge in [0.05, 0.1) is 0 Å². The van der Waals surface area contributed by atoms with Crippen LogP contribution < -0.4 is 0 Å². The highest BCUT2D eigenvalue weighted by Gasteiger charge is 2.03. The molecule has 12 heavy (non-hydrogen) atoms. The maximum atomic E-state index is 7.12. The lowest BCUT2D eigenvalue weighted by molar-refractivity contribution is 0.985. The maximum absolute atomic E-state index is 7.12. The zero-order valence-corrected chi connectivity index (χ0v) is 6.88. The monoisotopic (exact) mass is 157 g/mol. The van der Waals surface area contributed by atoms with Crippen LogP contribution >= 0.6 is 0 Å². The van der Waals surface area contributed by atoms with Crippen LogP contribution in [-0.2, 0) is 6.42 Å². The summed E-state index contributed by atoms with van der Waals surface area (Å²) >= 11 is 0. The minimum atomic E-state index is 1.00. The summed E-state index contributed by atoms with van der Waals surface area (Å²) in [5.74, 6) is 0. The molecule has 1 heteroatoms. The molecule has 1 N–H and O–H groups in total. The lowest BCUT2D eigenvalue weighted by atomic mass is 9.96. The maximum Gasteiger partial charge on any atom is 0.0250 e. The summed E-state index contributed by atoms with van der Waals surface area (Å²) in [6.07, 6.45) is 8.01. The molecule has 2 rings (SSSR count). The molecule has 0 saturated carbocycles. The molecule has 1 aromatic carbocycles. The normalized spacial score (nSPS) is 14.0. The van der Waals surface area contributed by atoms with Crippen LogP contribution in [0.3, 0.4) is 0 Å². The van der Waals surface area contributed by atoms with Crippen LogP contribution in [0.15, 0.2) is 24.3 Å². The van der Waals surface area contributed by atoms with Crippen LogP contribution in [0.5, 0.6) is 0 Å². The van der Waals surface area contributed by atoms with Crippen molar-refractivity contribution in [2.45, 2.75) is 12.8 Å². The third-order valence-corrected chi connectivity index (χ3v) is 2.21. The fourth-order valence-corrected chi connectivity index (χ4v) is 1.54. The van der Waals surface area contributed by atoms with Crippen molar-refractivity contribution in [3.63, 3.8) is 0 Å². The van der Waals surface area contributed by atoms with Crippen LogP contribution in [0.25, 0.3) is 6.08 Å². The SMILES string of the molecule is N=Cc1ccc2c(c1)CCC=C2. The van der Waals surface area contributed by atoms with Gasteiger partial charge in [0.1, 0.15) is 0 Å². The van der Waals surface area contributed by atoms with Gasteiger partial charge < -0.3 is 5.41 Å². The molecular formula is C11H11N. The molecule has 0 unspecified atom stereocenters. The van der Waals surface area contributed by atoms with Gasteiger partial charge in [-0.1, -0.05) is 24.3 Å². The Morgan fingerprint density at radius 3 is 3.08 bits per heavy atom. The van der Waals surface area contributed by atoms with Gasteiger partial charge in [0.2, 0.25) is 0 Å². The standard InChI is InChI=1S/C11H11N/c12-8-9-5-6-10-3-1-2-4-11(10)7-9/h1,3,5-8,12H,2,4H2. The van der Waals surface area contributed by atoms with Gasteiger partial charge in [-0.05, 0) is 35.6 Å². The topological polar surface area (TPSA) is 23.9 Å². The number of fused-ring (bicyclic) bond motifs is 1. The van der Waals surface area contributed by atoms with Crippen LogP contribution in [0.1, 0.15) is 23.1 Å². The summed E-state index contributed by atoms with van der Waals surface area (Å²) in [5, 5.41) is 7.12. The fourth-order valence-electron chi connectivity index (χ4n) is 1.54. The molecule has 60 valence electrons. The molecule has 0 fully saturated rings. The molecule has 0 amide bonds. The molecule has 0 aromatic heterocycles. The number of aryl methyl sites for hydroxylation is 1. The molecule has 1 aliphatic rings. The van der Waals surface area contributed by atoms with E-state index in [1.807, 2.05) is 6.07 Å². The first-order chi connectivity index (χ1) is 5.90. The average molecular weight is 157 g/mol. The van der Waals surface area contributed by atoms with E-state index in [0.29, 0.717) is 0 Å². The van der Waals surface area contributed by atoms with Gasteiger partial charge in [-0.3, -0.25) is 0 Å². The van der Waals surface area contributed by atoms with Gasteiger partial charge in [0, 0.05) is 6.21 Å². The first kappa shape index (κ1) is 7.29. The van der Waals surface area contributed by atoms with E-state index < -0.39 is 0 Å². The predicted octanol–water partition coefficient (Wildman–Crippen LogP) is 2.64. The predicted molar refractivity (Wildman–Crippen MR) is 51.7 cm³/mol. The van der Waals surface area contributed by atoms with Gasteiger partial charge >= 0.3 is 0 Å². The highest BCUT2D eigenvalue weighted by atomic mass is 14.3. The molecule has 0 saturated heterocycles. The molecule has 0 heterocycles. The van der Waals surface area contributed by atoms with Crippen molar-refractivity contribution in [3.05, 3.63) is 41.0 Å². The Balaban J connectivity index is 2.50. The third kappa shape index (κ3) is 1.18. The molecule has 1 nitrogen and oxygen atoms in total. The van der Waals surface area contributed by atoms with E-state index >= 15 is 0 Å². The highest BCUT2D eigenvalue weighted by molar-refractivity contribution is 5.78. The molecule has 1 aromatic rings. The molecule has 0 spiro atoms. The van der Waals surface area contributed by atoms with Gasteiger partial charge in [0.15, 0.2) is 0 Å². The summed E-state index contributed by atoms with van der Waals surface area (Å²) in [7, 11) is 0. The van der Waals surface area contributed by atoms with Gasteiger partial charge in [0.25, 0.3) is 0 Å². The van der Waals surface area contributed by atoms with Crippen molar-refractivity contribution >= 4 is 12.3 Å². The van der Waals surface area contributed by atoms with Crippen LogP contribution in [0.2, 0.25) is 0 Å². The summed E-state index contributed by atoms with van der Waals surface area (Å²) in [5.41, 5.74) is 3.69. The lowest BCUT2D eigenvalue weighted by Gasteiger charge is -2.09. The Kier molecular flexibility index (Phi) is 1.78. The molecule has 0 atom stereocenters. The van der Waals surface area contributed by atoms with Gasteiger partial charge in [-0.15, -0.1) is 0 Å². The zero-order valence-electron chi connectivity index (χ0n) is 6.88. The third-order valence-electron chi connectivity index (χ3n) is 2.21. The van der Waals surface area contributed by atoms with Crippen LogP contribution in [0.4, 0.5) is 0 Å². The first-order valence-corrected chi connectivity index (χ1v) is 4.20. The average Bonchev–Trinajstić information content (AvgIpc) is 2.17. The van der Waals surface area contributed by atoms with Crippen LogP contribution in [-0.4, -0.2) is 6.21 Å². The number of allylic oxidation sites excluding steroid dienone is 1. The van der Waals surface area contributed by atoms with Crippen molar-refractivity contribution < 1.29 is 0 Å². The molecule has 0 radical (unpaired) electrons. The Morgan fingerprint density at radius 2 is 2.25 bits per heavy atom. The van der Waals surface area contributed by atoms with Crippen molar-refractivity contribution in [1.82, 2.24) is 0 Å². The minimum Gasteiger partial charge on any atom is -0.308 e. The zero-order chi connectivity index (χ0) is 8.39. The van der Waals surface area contributed by atoms with Gasteiger partial charge in [-0.25, -0.2) is 0 Å². The van der Waals surface area contributed by atoms with Crippen molar-refractivity contribution in [1.29, 1.82) is 5.41 Å². The summed E-state index contributed by atoms with van der Waals surface area (Å²) in [6, 6.07) is 6.18. The lowest BCUT2D eigenvalue weighted by Crippen LogP contribution is -1.95. The number of rotatable bonds is 1. The van der Waals surface area contributed by atoms with Crippen molar-refractivity contribution in [2.24, 2.45) is 0 Å². The van der Waals surface area contributed by atoms with Crippen LogP contribution in [0, 0.1) is 5.41 Å². The number of nitrogens with one attached hydrogen (secondary N) is 1. The second-order valence-corrected chi connectivity index (χ2v) is 3.04. The summed E-state index contributed by atoms with van der Waals surface area (Å²) in [4.78, 5) is 0. The molecule has 0 aliphatic heterocycles. The Bertz CT molecular complexity index is 337. The van der Waals surface area contributed by atoms with E-state index in [9.17, 15) is 0 Å². The van der Waals surface area contributed by atoms with E-state index in [4.69, 9.17) is 5.41 Å². The summed E-state index contributed by atoms with van der Waals surface area (Å²) in [6.45, 7) is 0. The quantitative estimate of drug-likeness (QED) is 0.606. The first-order valence-electron chi connectivity index (χ1n) is 4.20. The molecule has 1 aliphatic carbocycles. The number of hydrogen-bond donors (Lipinski definition) is 1. The van der Waals surface area contributed by atoms with E-state index in [2.05, 4.69) is 24.3 Å². The Morgan fingerprint density at radius 1 is 1.33 bits per heavy atom. The Hall–Kier alpha value is -1.37. The van der Waals surface area contributed by atoms with E-state index in [-0.39, 0.29) is 0 Å².